The topological polar surface area (TPSA) is 82.3 Å². The van der Waals surface area contributed by atoms with E-state index in [1.165, 1.54) is 54.4 Å². The Bertz CT molecular complexity index is 997. The Balaban J connectivity index is 1.77. The summed E-state index contributed by atoms with van der Waals surface area (Å²) < 4.78 is 19.0. The number of carbonyl (C=O) groups excluding carboxylic acids is 1. The first-order chi connectivity index (χ1) is 13.0. The molecule has 2 aromatic carbocycles. The van der Waals surface area contributed by atoms with Crippen molar-refractivity contribution in [3.8, 4) is 5.75 Å². The van der Waals surface area contributed by atoms with E-state index in [4.69, 9.17) is 4.74 Å². The molecule has 0 unspecified atom stereocenters. The third-order valence-electron chi connectivity index (χ3n) is 3.55. The van der Waals surface area contributed by atoms with Crippen LogP contribution in [0.4, 0.5) is 10.1 Å². The van der Waals surface area contributed by atoms with Crippen LogP contribution in [0.1, 0.15) is 15.9 Å². The van der Waals surface area contributed by atoms with Crippen molar-refractivity contribution >= 4 is 23.4 Å². The highest BCUT2D eigenvalue weighted by Crippen LogP contribution is 2.27. The Morgan fingerprint density at radius 2 is 1.96 bits per heavy atom. The summed E-state index contributed by atoms with van der Waals surface area (Å²) >= 11 is 1.20. The van der Waals surface area contributed by atoms with E-state index in [2.05, 4.69) is 4.98 Å². The van der Waals surface area contributed by atoms with Crippen molar-refractivity contribution in [1.29, 1.82) is 0 Å². The standard InChI is InChI=1S/C19H13FN2O4S/c20-17-9-2-1-5-13(17)12-27-18-16(8-4-10-21-18)19(23)26-15-7-3-6-14(11-15)22(24)25/h1-11H,12H2. The van der Waals surface area contributed by atoms with Crippen molar-refractivity contribution in [2.75, 3.05) is 0 Å². The lowest BCUT2D eigenvalue weighted by molar-refractivity contribution is -0.384. The molecule has 0 aliphatic heterocycles. The summed E-state index contributed by atoms with van der Waals surface area (Å²) in [5.41, 5.74) is 0.511. The van der Waals surface area contributed by atoms with Crippen LogP contribution < -0.4 is 4.74 Å². The Hall–Kier alpha value is -3.26. The van der Waals surface area contributed by atoms with Crippen molar-refractivity contribution in [3.63, 3.8) is 0 Å². The molecule has 1 heterocycles. The van der Waals surface area contributed by atoms with Crippen LogP contribution in [0.5, 0.6) is 5.75 Å². The van der Waals surface area contributed by atoms with E-state index in [1.807, 2.05) is 0 Å². The molecule has 6 nitrogen and oxygen atoms in total. The lowest BCUT2D eigenvalue weighted by atomic mass is 10.2. The molecule has 0 N–H and O–H groups in total. The molecule has 3 rings (SSSR count). The highest BCUT2D eigenvalue weighted by molar-refractivity contribution is 7.98. The molecule has 0 saturated heterocycles. The average molecular weight is 384 g/mol. The van der Waals surface area contributed by atoms with E-state index < -0.39 is 10.9 Å². The minimum Gasteiger partial charge on any atom is -0.423 e. The van der Waals surface area contributed by atoms with Gasteiger partial charge in [0.1, 0.15) is 16.6 Å². The van der Waals surface area contributed by atoms with Gasteiger partial charge in [0.15, 0.2) is 0 Å². The Kier molecular flexibility index (Phi) is 5.77. The van der Waals surface area contributed by atoms with E-state index in [9.17, 15) is 19.3 Å². The highest BCUT2D eigenvalue weighted by atomic mass is 32.2. The van der Waals surface area contributed by atoms with Gasteiger partial charge >= 0.3 is 5.97 Å². The number of nitro groups is 1. The van der Waals surface area contributed by atoms with Crippen LogP contribution in [0.25, 0.3) is 0 Å². The Morgan fingerprint density at radius 3 is 2.74 bits per heavy atom. The van der Waals surface area contributed by atoms with Crippen molar-refractivity contribution in [3.05, 3.63) is 93.9 Å². The number of benzene rings is 2. The van der Waals surface area contributed by atoms with E-state index >= 15 is 0 Å². The van der Waals surface area contributed by atoms with Crippen molar-refractivity contribution in [2.24, 2.45) is 0 Å². The summed E-state index contributed by atoms with van der Waals surface area (Å²) in [4.78, 5) is 26.9. The number of halogens is 1. The number of ether oxygens (including phenoxy) is 1. The van der Waals surface area contributed by atoms with Gasteiger partial charge in [-0.15, -0.1) is 11.8 Å². The number of rotatable bonds is 6. The maximum absolute atomic E-state index is 13.8. The normalized spacial score (nSPS) is 10.4. The number of nitrogens with zero attached hydrogens (tertiary/aromatic N) is 2. The molecule has 3 aromatic rings. The Labute approximate surface area is 158 Å². The molecule has 0 aliphatic rings. The number of esters is 1. The maximum Gasteiger partial charge on any atom is 0.346 e. The predicted molar refractivity (Wildman–Crippen MR) is 98.3 cm³/mol. The largest absolute Gasteiger partial charge is 0.423 e. The van der Waals surface area contributed by atoms with Crippen LogP contribution in [-0.2, 0) is 5.75 Å². The van der Waals surface area contributed by atoms with E-state index in [1.54, 1.807) is 24.3 Å². The molecule has 0 saturated carbocycles. The van der Waals surface area contributed by atoms with Gasteiger partial charge in [0.2, 0.25) is 0 Å². The first-order valence-electron chi connectivity index (χ1n) is 7.82. The smallest absolute Gasteiger partial charge is 0.346 e. The molecular weight excluding hydrogens is 371 g/mol. The maximum atomic E-state index is 13.8. The van der Waals surface area contributed by atoms with Gasteiger partial charge in [0.05, 0.1) is 16.6 Å². The molecule has 1 aromatic heterocycles. The van der Waals surface area contributed by atoms with Crippen LogP contribution in [0.2, 0.25) is 0 Å². The van der Waals surface area contributed by atoms with Crippen LogP contribution in [0.3, 0.4) is 0 Å². The van der Waals surface area contributed by atoms with Crippen LogP contribution >= 0.6 is 11.8 Å². The van der Waals surface area contributed by atoms with Crippen molar-refractivity contribution in [1.82, 2.24) is 4.98 Å². The van der Waals surface area contributed by atoms with Crippen LogP contribution in [0.15, 0.2) is 71.9 Å². The number of carbonyl (C=O) groups is 1. The predicted octanol–water partition coefficient (Wildman–Crippen LogP) is 4.64. The van der Waals surface area contributed by atoms with Crippen LogP contribution in [-0.4, -0.2) is 15.9 Å². The zero-order chi connectivity index (χ0) is 19.2. The van der Waals surface area contributed by atoms with Gasteiger partial charge in [-0.2, -0.15) is 0 Å². The molecule has 0 atom stereocenters. The number of pyridine rings is 1. The molecule has 0 fully saturated rings. The summed E-state index contributed by atoms with van der Waals surface area (Å²) in [6.07, 6.45) is 1.52. The second-order valence-electron chi connectivity index (χ2n) is 5.38. The minimum absolute atomic E-state index is 0.0584. The summed E-state index contributed by atoms with van der Waals surface area (Å²) in [5.74, 6) is -0.676. The zero-order valence-corrected chi connectivity index (χ0v) is 14.7. The van der Waals surface area contributed by atoms with Gasteiger partial charge < -0.3 is 4.74 Å². The minimum atomic E-state index is -0.695. The van der Waals surface area contributed by atoms with E-state index in [0.29, 0.717) is 16.3 Å². The molecule has 0 aliphatic carbocycles. The van der Waals surface area contributed by atoms with Gasteiger partial charge in [0.25, 0.3) is 5.69 Å². The molecule has 136 valence electrons. The number of hydrogen-bond acceptors (Lipinski definition) is 6. The number of aromatic nitrogens is 1. The fourth-order valence-electron chi connectivity index (χ4n) is 2.25. The number of hydrogen-bond donors (Lipinski definition) is 0. The second-order valence-corrected chi connectivity index (χ2v) is 6.34. The first kappa shape index (κ1) is 18.5. The first-order valence-corrected chi connectivity index (χ1v) is 8.81. The Morgan fingerprint density at radius 1 is 1.15 bits per heavy atom. The fourth-order valence-corrected chi connectivity index (χ4v) is 3.21. The summed E-state index contributed by atoms with van der Waals surface area (Å²) in [6.45, 7) is 0. The quantitative estimate of drug-likeness (QED) is 0.202. The van der Waals surface area contributed by atoms with E-state index in [-0.39, 0.29) is 22.8 Å². The summed E-state index contributed by atoms with van der Waals surface area (Å²) in [5, 5.41) is 11.2. The van der Waals surface area contributed by atoms with Gasteiger partial charge in [-0.1, -0.05) is 24.3 Å². The molecule has 0 spiro atoms. The van der Waals surface area contributed by atoms with Gasteiger partial charge in [-0.05, 0) is 29.8 Å². The third kappa shape index (κ3) is 4.68. The third-order valence-corrected chi connectivity index (χ3v) is 4.61. The molecule has 27 heavy (non-hydrogen) atoms. The number of non-ortho nitro benzene ring substituents is 1. The lowest BCUT2D eigenvalue weighted by Gasteiger charge is -2.08. The average Bonchev–Trinajstić information content (AvgIpc) is 2.68. The summed E-state index contributed by atoms with van der Waals surface area (Å²) in [6, 6.07) is 14.8. The molecular formula is C19H13FN2O4S. The van der Waals surface area contributed by atoms with E-state index in [0.717, 1.165) is 0 Å². The molecule has 0 bridgehead atoms. The summed E-state index contributed by atoms with van der Waals surface area (Å²) in [7, 11) is 0. The fraction of sp³-hybridized carbons (Fsp3) is 0.0526. The van der Waals surface area contributed by atoms with Crippen LogP contribution in [0, 0.1) is 15.9 Å². The molecule has 0 radical (unpaired) electrons. The SMILES string of the molecule is O=C(Oc1cccc([N+](=O)[O-])c1)c1cccnc1SCc1ccccc1F. The molecule has 0 amide bonds. The monoisotopic (exact) mass is 384 g/mol. The second kappa shape index (κ2) is 8.41. The zero-order valence-electron chi connectivity index (χ0n) is 13.9. The van der Waals surface area contributed by atoms with Crippen molar-refractivity contribution < 1.29 is 18.8 Å². The van der Waals surface area contributed by atoms with Gasteiger partial charge in [0, 0.05) is 18.0 Å². The lowest BCUT2D eigenvalue weighted by Crippen LogP contribution is -2.10. The highest BCUT2D eigenvalue weighted by Gasteiger charge is 2.17. The van der Waals surface area contributed by atoms with Gasteiger partial charge in [-0.25, -0.2) is 14.2 Å². The number of nitro benzene ring substituents is 1. The van der Waals surface area contributed by atoms with Crippen molar-refractivity contribution in [2.45, 2.75) is 10.8 Å². The number of thioether (sulfide) groups is 1. The van der Waals surface area contributed by atoms with Gasteiger partial charge in [-0.3, -0.25) is 10.1 Å². The molecule has 8 heteroatoms.